The molecule has 2 atom stereocenters. The highest BCUT2D eigenvalue weighted by Gasteiger charge is 2.24. The van der Waals surface area contributed by atoms with Gasteiger partial charge in [0.25, 0.3) is 0 Å². The molecule has 1 aromatic rings. The molecule has 0 spiro atoms. The molecule has 0 saturated heterocycles. The molecule has 4 heteroatoms. The second-order valence-corrected chi connectivity index (χ2v) is 5.25. The Morgan fingerprint density at radius 2 is 1.82 bits per heavy atom. The van der Waals surface area contributed by atoms with Crippen LogP contribution in [0.2, 0.25) is 0 Å². The molecule has 0 aliphatic rings. The molecule has 17 heavy (non-hydrogen) atoms. The highest BCUT2D eigenvalue weighted by Crippen LogP contribution is 2.27. The van der Waals surface area contributed by atoms with Gasteiger partial charge in [0.05, 0.1) is 6.10 Å². The van der Waals surface area contributed by atoms with Crippen molar-refractivity contribution in [2.24, 2.45) is 11.1 Å². The lowest BCUT2D eigenvalue weighted by Gasteiger charge is -2.29. The molecule has 0 aliphatic heterocycles. The first-order valence-corrected chi connectivity index (χ1v) is 5.50. The van der Waals surface area contributed by atoms with E-state index in [0.717, 1.165) is 0 Å². The molecule has 0 unspecified atom stereocenters. The standard InChI is InChI=1S/C13H20FNO.ClH/c1-13(2,3)12(15)8-11(16)9-6-4-5-7-10(9)14;/h4-7,11-12,16H,8,15H2,1-3H3;1H/t11-,12-;/m1./s1. The van der Waals surface area contributed by atoms with Crippen molar-refractivity contribution in [3.63, 3.8) is 0 Å². The molecule has 0 aromatic heterocycles. The third kappa shape index (κ3) is 4.62. The predicted octanol–water partition coefficient (Wildman–Crippen LogP) is 3.04. The van der Waals surface area contributed by atoms with Crippen molar-refractivity contribution in [2.45, 2.75) is 39.3 Å². The summed E-state index contributed by atoms with van der Waals surface area (Å²) in [6.45, 7) is 6.02. The third-order valence-corrected chi connectivity index (χ3v) is 2.85. The number of benzene rings is 1. The van der Waals surface area contributed by atoms with Gasteiger partial charge in [-0.3, -0.25) is 0 Å². The Balaban J connectivity index is 0.00000256. The summed E-state index contributed by atoms with van der Waals surface area (Å²) in [7, 11) is 0. The van der Waals surface area contributed by atoms with E-state index in [1.165, 1.54) is 6.07 Å². The summed E-state index contributed by atoms with van der Waals surface area (Å²) >= 11 is 0. The lowest BCUT2D eigenvalue weighted by atomic mass is 9.83. The Hall–Kier alpha value is -0.640. The Morgan fingerprint density at radius 1 is 1.29 bits per heavy atom. The topological polar surface area (TPSA) is 46.2 Å². The fraction of sp³-hybridized carbons (Fsp3) is 0.538. The van der Waals surface area contributed by atoms with E-state index in [2.05, 4.69) is 0 Å². The van der Waals surface area contributed by atoms with Crippen molar-refractivity contribution < 1.29 is 9.50 Å². The van der Waals surface area contributed by atoms with E-state index < -0.39 is 6.10 Å². The molecule has 2 nitrogen and oxygen atoms in total. The maximum Gasteiger partial charge on any atom is 0.128 e. The van der Waals surface area contributed by atoms with Gasteiger partial charge in [0, 0.05) is 11.6 Å². The molecular weight excluding hydrogens is 241 g/mol. The molecule has 0 bridgehead atoms. The van der Waals surface area contributed by atoms with E-state index in [9.17, 15) is 9.50 Å². The van der Waals surface area contributed by atoms with Gasteiger partial charge in [-0.2, -0.15) is 0 Å². The van der Waals surface area contributed by atoms with E-state index in [4.69, 9.17) is 5.73 Å². The van der Waals surface area contributed by atoms with Crippen LogP contribution >= 0.6 is 12.4 Å². The number of aliphatic hydroxyl groups excluding tert-OH is 1. The van der Waals surface area contributed by atoms with E-state index >= 15 is 0 Å². The highest BCUT2D eigenvalue weighted by molar-refractivity contribution is 5.85. The van der Waals surface area contributed by atoms with Gasteiger partial charge in [-0.25, -0.2) is 4.39 Å². The van der Waals surface area contributed by atoms with E-state index in [0.29, 0.717) is 12.0 Å². The van der Waals surface area contributed by atoms with Crippen molar-refractivity contribution in [3.05, 3.63) is 35.6 Å². The molecule has 98 valence electrons. The van der Waals surface area contributed by atoms with Crippen molar-refractivity contribution in [2.75, 3.05) is 0 Å². The molecule has 1 aromatic carbocycles. The molecule has 0 saturated carbocycles. The van der Waals surface area contributed by atoms with Crippen LogP contribution < -0.4 is 5.73 Å². The van der Waals surface area contributed by atoms with Crippen LogP contribution in [-0.4, -0.2) is 11.1 Å². The van der Waals surface area contributed by atoms with Crippen LogP contribution in [0.5, 0.6) is 0 Å². The van der Waals surface area contributed by atoms with E-state index in [-0.39, 0.29) is 29.7 Å². The smallest absolute Gasteiger partial charge is 0.128 e. The summed E-state index contributed by atoms with van der Waals surface area (Å²) in [5.74, 6) is -0.379. The maximum absolute atomic E-state index is 13.4. The molecule has 1 rings (SSSR count). The predicted molar refractivity (Wildman–Crippen MR) is 70.7 cm³/mol. The van der Waals surface area contributed by atoms with Gasteiger partial charge >= 0.3 is 0 Å². The molecule has 0 radical (unpaired) electrons. The summed E-state index contributed by atoms with van der Waals surface area (Å²) in [5.41, 5.74) is 6.19. The lowest BCUT2D eigenvalue weighted by molar-refractivity contribution is 0.130. The SMILES string of the molecule is CC(C)(C)[C@H](N)C[C@@H](O)c1ccccc1F.Cl. The quantitative estimate of drug-likeness (QED) is 0.879. The monoisotopic (exact) mass is 261 g/mol. The van der Waals surface area contributed by atoms with Crippen LogP contribution in [0.1, 0.15) is 38.9 Å². The number of hydrogen-bond acceptors (Lipinski definition) is 2. The fourth-order valence-electron chi connectivity index (χ4n) is 1.47. The largest absolute Gasteiger partial charge is 0.388 e. The first-order chi connectivity index (χ1) is 7.32. The minimum Gasteiger partial charge on any atom is -0.388 e. The number of rotatable bonds is 3. The molecule has 0 amide bonds. The van der Waals surface area contributed by atoms with Crippen LogP contribution in [0.25, 0.3) is 0 Å². The molecule has 3 N–H and O–H groups in total. The maximum atomic E-state index is 13.4. The van der Waals surface area contributed by atoms with Crippen molar-refractivity contribution in [3.8, 4) is 0 Å². The average Bonchev–Trinajstić information content (AvgIpc) is 2.16. The van der Waals surface area contributed by atoms with Gasteiger partial charge in [-0.05, 0) is 17.9 Å². The minimum atomic E-state index is -0.838. The summed E-state index contributed by atoms with van der Waals surface area (Å²) in [6.07, 6.45) is -0.472. The van der Waals surface area contributed by atoms with Gasteiger partial charge in [0.2, 0.25) is 0 Å². The number of aliphatic hydroxyl groups is 1. The summed E-state index contributed by atoms with van der Waals surface area (Å²) in [6, 6.07) is 6.10. The van der Waals surface area contributed by atoms with Crippen LogP contribution in [0.15, 0.2) is 24.3 Å². The second-order valence-electron chi connectivity index (χ2n) is 5.25. The highest BCUT2D eigenvalue weighted by atomic mass is 35.5. The first kappa shape index (κ1) is 16.4. The molecule has 0 heterocycles. The van der Waals surface area contributed by atoms with Gasteiger partial charge in [-0.1, -0.05) is 39.0 Å². The van der Waals surface area contributed by atoms with Crippen LogP contribution in [-0.2, 0) is 0 Å². The Labute approximate surface area is 108 Å². The van der Waals surface area contributed by atoms with Crippen molar-refractivity contribution >= 4 is 12.4 Å². The summed E-state index contributed by atoms with van der Waals surface area (Å²) < 4.78 is 13.4. The van der Waals surface area contributed by atoms with Crippen LogP contribution in [0, 0.1) is 11.2 Å². The van der Waals surface area contributed by atoms with Crippen molar-refractivity contribution in [1.29, 1.82) is 0 Å². The van der Waals surface area contributed by atoms with Crippen LogP contribution in [0.3, 0.4) is 0 Å². The zero-order valence-electron chi connectivity index (χ0n) is 10.5. The number of hydrogen-bond donors (Lipinski definition) is 2. The van der Waals surface area contributed by atoms with E-state index in [1.807, 2.05) is 20.8 Å². The van der Waals surface area contributed by atoms with Crippen molar-refractivity contribution in [1.82, 2.24) is 0 Å². The van der Waals surface area contributed by atoms with Gasteiger partial charge in [0.15, 0.2) is 0 Å². The first-order valence-electron chi connectivity index (χ1n) is 5.50. The Bertz CT molecular complexity index is 352. The normalized spacial score (nSPS) is 14.9. The zero-order chi connectivity index (χ0) is 12.3. The lowest BCUT2D eigenvalue weighted by Crippen LogP contribution is -2.36. The average molecular weight is 262 g/mol. The third-order valence-electron chi connectivity index (χ3n) is 2.85. The van der Waals surface area contributed by atoms with Gasteiger partial charge in [-0.15, -0.1) is 12.4 Å². The number of halogens is 2. The molecular formula is C13H21ClFNO. The molecule has 0 aliphatic carbocycles. The number of nitrogens with two attached hydrogens (primary N) is 1. The van der Waals surface area contributed by atoms with E-state index in [1.54, 1.807) is 18.2 Å². The summed E-state index contributed by atoms with van der Waals surface area (Å²) in [5, 5.41) is 9.92. The Kier molecular flexibility index (Phi) is 6.10. The fourth-order valence-corrected chi connectivity index (χ4v) is 1.47. The zero-order valence-corrected chi connectivity index (χ0v) is 11.3. The minimum absolute atomic E-state index is 0. The van der Waals surface area contributed by atoms with Crippen LogP contribution in [0.4, 0.5) is 4.39 Å². The summed E-state index contributed by atoms with van der Waals surface area (Å²) in [4.78, 5) is 0. The van der Waals surface area contributed by atoms with Gasteiger partial charge < -0.3 is 10.8 Å². The second kappa shape index (κ2) is 6.34. The molecule has 0 fully saturated rings. The van der Waals surface area contributed by atoms with Gasteiger partial charge in [0.1, 0.15) is 5.82 Å². The Morgan fingerprint density at radius 3 is 2.29 bits per heavy atom.